The fourth-order valence-electron chi connectivity index (χ4n) is 2.56. The topological polar surface area (TPSA) is 66.5 Å². The number of nitrogens with two attached hydrogens (primary N) is 1. The molecule has 82 valence electrons. The van der Waals surface area contributed by atoms with Crippen molar-refractivity contribution in [2.45, 2.75) is 30.8 Å². The van der Waals surface area contributed by atoms with E-state index in [9.17, 15) is 10.2 Å². The van der Waals surface area contributed by atoms with Gasteiger partial charge in [0.05, 0.1) is 6.10 Å². The van der Waals surface area contributed by atoms with Gasteiger partial charge in [0.1, 0.15) is 5.75 Å². The van der Waals surface area contributed by atoms with Crippen LogP contribution in [0.1, 0.15) is 24.8 Å². The van der Waals surface area contributed by atoms with E-state index in [-0.39, 0.29) is 17.3 Å². The van der Waals surface area contributed by atoms with Gasteiger partial charge < -0.3 is 15.9 Å². The lowest BCUT2D eigenvalue weighted by molar-refractivity contribution is 0.173. The maximum absolute atomic E-state index is 9.82. The van der Waals surface area contributed by atoms with Crippen LogP contribution < -0.4 is 5.73 Å². The van der Waals surface area contributed by atoms with Crippen molar-refractivity contribution < 1.29 is 10.2 Å². The molecule has 0 amide bonds. The van der Waals surface area contributed by atoms with Gasteiger partial charge in [0, 0.05) is 17.5 Å². The molecule has 1 aliphatic carbocycles. The summed E-state index contributed by atoms with van der Waals surface area (Å²) in [7, 11) is 0. The summed E-state index contributed by atoms with van der Waals surface area (Å²) in [5.41, 5.74) is 6.46. The highest BCUT2D eigenvalue weighted by Crippen LogP contribution is 2.43. The third kappa shape index (κ3) is 1.73. The van der Waals surface area contributed by atoms with Crippen molar-refractivity contribution in [2.75, 3.05) is 6.54 Å². The van der Waals surface area contributed by atoms with E-state index in [1.807, 2.05) is 12.1 Å². The SMILES string of the molecule is NCC1(c2ccccc2O)CCC(O)C1. The Hall–Kier alpha value is -1.06. The second kappa shape index (κ2) is 3.83. The summed E-state index contributed by atoms with van der Waals surface area (Å²) >= 11 is 0. The molecular formula is C12H17NO2. The second-order valence-corrected chi connectivity index (χ2v) is 4.40. The normalized spacial score (nSPS) is 30.7. The predicted octanol–water partition coefficient (Wildman–Crippen LogP) is 1.13. The zero-order chi connectivity index (χ0) is 10.9. The molecule has 3 nitrogen and oxygen atoms in total. The van der Waals surface area contributed by atoms with E-state index >= 15 is 0 Å². The number of phenols is 1. The fraction of sp³-hybridized carbons (Fsp3) is 0.500. The Morgan fingerprint density at radius 2 is 2.13 bits per heavy atom. The van der Waals surface area contributed by atoms with Crippen LogP contribution in [0.5, 0.6) is 5.75 Å². The van der Waals surface area contributed by atoms with Gasteiger partial charge in [0.2, 0.25) is 0 Å². The fourth-order valence-corrected chi connectivity index (χ4v) is 2.56. The molecular weight excluding hydrogens is 190 g/mol. The van der Waals surface area contributed by atoms with Gasteiger partial charge in [-0.3, -0.25) is 0 Å². The van der Waals surface area contributed by atoms with Crippen LogP contribution in [0, 0.1) is 0 Å². The van der Waals surface area contributed by atoms with Gasteiger partial charge in [0.25, 0.3) is 0 Å². The lowest BCUT2D eigenvalue weighted by Gasteiger charge is -2.28. The molecule has 1 saturated carbocycles. The number of hydrogen-bond donors (Lipinski definition) is 3. The molecule has 0 bridgehead atoms. The molecule has 15 heavy (non-hydrogen) atoms. The first-order valence-electron chi connectivity index (χ1n) is 5.34. The smallest absolute Gasteiger partial charge is 0.119 e. The van der Waals surface area contributed by atoms with Crippen molar-refractivity contribution in [3.8, 4) is 5.75 Å². The number of rotatable bonds is 2. The summed E-state index contributed by atoms with van der Waals surface area (Å²) in [6.07, 6.45) is 1.99. The van der Waals surface area contributed by atoms with Crippen LogP contribution in [0.2, 0.25) is 0 Å². The summed E-state index contributed by atoms with van der Waals surface area (Å²) in [6.45, 7) is 0.474. The highest BCUT2D eigenvalue weighted by atomic mass is 16.3. The quantitative estimate of drug-likeness (QED) is 0.681. The Bertz CT molecular complexity index is 353. The molecule has 0 aromatic heterocycles. The maximum Gasteiger partial charge on any atom is 0.119 e. The van der Waals surface area contributed by atoms with Gasteiger partial charge in [-0.05, 0) is 25.3 Å². The summed E-state index contributed by atoms with van der Waals surface area (Å²) in [5.74, 6) is 0.289. The molecule has 2 atom stereocenters. The van der Waals surface area contributed by atoms with Crippen molar-refractivity contribution in [1.82, 2.24) is 0 Å². The minimum absolute atomic E-state index is 0.231. The maximum atomic E-state index is 9.82. The first kappa shape index (κ1) is 10.5. The van der Waals surface area contributed by atoms with Gasteiger partial charge >= 0.3 is 0 Å². The number of hydrogen-bond acceptors (Lipinski definition) is 3. The third-order valence-corrected chi connectivity index (χ3v) is 3.45. The Kier molecular flexibility index (Phi) is 2.67. The van der Waals surface area contributed by atoms with E-state index in [1.54, 1.807) is 12.1 Å². The Balaban J connectivity index is 2.39. The lowest BCUT2D eigenvalue weighted by atomic mass is 9.78. The molecule has 4 N–H and O–H groups in total. The molecule has 0 aliphatic heterocycles. The number of aromatic hydroxyl groups is 1. The molecule has 2 rings (SSSR count). The van der Waals surface area contributed by atoms with E-state index in [0.717, 1.165) is 18.4 Å². The zero-order valence-electron chi connectivity index (χ0n) is 8.69. The van der Waals surface area contributed by atoms with Crippen LogP contribution in [0.3, 0.4) is 0 Å². The van der Waals surface area contributed by atoms with E-state index in [2.05, 4.69) is 0 Å². The van der Waals surface area contributed by atoms with Crippen LogP contribution in [-0.2, 0) is 5.41 Å². The molecule has 0 radical (unpaired) electrons. The molecule has 1 aliphatic rings. The van der Waals surface area contributed by atoms with Gasteiger partial charge in [-0.15, -0.1) is 0 Å². The molecule has 1 aromatic rings. The zero-order valence-corrected chi connectivity index (χ0v) is 8.69. The van der Waals surface area contributed by atoms with Gasteiger partial charge in [-0.25, -0.2) is 0 Å². The molecule has 3 heteroatoms. The van der Waals surface area contributed by atoms with Gasteiger partial charge in [-0.2, -0.15) is 0 Å². The summed E-state index contributed by atoms with van der Waals surface area (Å²) < 4.78 is 0. The highest BCUT2D eigenvalue weighted by molar-refractivity contribution is 5.39. The number of benzene rings is 1. The van der Waals surface area contributed by atoms with Crippen molar-refractivity contribution >= 4 is 0 Å². The summed E-state index contributed by atoms with van der Waals surface area (Å²) in [6, 6.07) is 7.28. The minimum Gasteiger partial charge on any atom is -0.508 e. The van der Waals surface area contributed by atoms with Crippen LogP contribution >= 0.6 is 0 Å². The highest BCUT2D eigenvalue weighted by Gasteiger charge is 2.40. The van der Waals surface area contributed by atoms with Crippen LogP contribution in [0.4, 0.5) is 0 Å². The van der Waals surface area contributed by atoms with Gasteiger partial charge in [0.15, 0.2) is 0 Å². The lowest BCUT2D eigenvalue weighted by Crippen LogP contribution is -2.33. The first-order chi connectivity index (χ1) is 7.18. The Labute approximate surface area is 89.5 Å². The molecule has 1 aromatic carbocycles. The van der Waals surface area contributed by atoms with E-state index in [1.165, 1.54) is 0 Å². The summed E-state index contributed by atoms with van der Waals surface area (Å²) in [5, 5.41) is 19.4. The Morgan fingerprint density at radius 1 is 1.40 bits per heavy atom. The predicted molar refractivity (Wildman–Crippen MR) is 58.7 cm³/mol. The van der Waals surface area contributed by atoms with Crippen molar-refractivity contribution in [3.63, 3.8) is 0 Å². The second-order valence-electron chi connectivity index (χ2n) is 4.40. The largest absolute Gasteiger partial charge is 0.508 e. The van der Waals surface area contributed by atoms with Crippen molar-refractivity contribution in [1.29, 1.82) is 0 Å². The average Bonchev–Trinajstić information content (AvgIpc) is 2.62. The van der Waals surface area contributed by atoms with Gasteiger partial charge in [-0.1, -0.05) is 18.2 Å². The molecule has 0 heterocycles. The molecule has 0 spiro atoms. The summed E-state index contributed by atoms with van der Waals surface area (Å²) in [4.78, 5) is 0. The number of para-hydroxylation sites is 1. The molecule has 1 fully saturated rings. The van der Waals surface area contributed by atoms with E-state index in [4.69, 9.17) is 5.73 Å². The van der Waals surface area contributed by atoms with Crippen molar-refractivity contribution in [2.24, 2.45) is 5.73 Å². The van der Waals surface area contributed by atoms with Crippen LogP contribution in [0.15, 0.2) is 24.3 Å². The molecule has 2 unspecified atom stereocenters. The van der Waals surface area contributed by atoms with E-state index in [0.29, 0.717) is 13.0 Å². The Morgan fingerprint density at radius 3 is 2.67 bits per heavy atom. The number of aliphatic hydroxyl groups excluding tert-OH is 1. The first-order valence-corrected chi connectivity index (χ1v) is 5.34. The average molecular weight is 207 g/mol. The van der Waals surface area contributed by atoms with Crippen molar-refractivity contribution in [3.05, 3.63) is 29.8 Å². The van der Waals surface area contributed by atoms with Crippen LogP contribution in [0.25, 0.3) is 0 Å². The third-order valence-electron chi connectivity index (χ3n) is 3.45. The monoisotopic (exact) mass is 207 g/mol. The number of phenolic OH excluding ortho intramolecular Hbond substituents is 1. The molecule has 0 saturated heterocycles. The van der Waals surface area contributed by atoms with E-state index < -0.39 is 0 Å². The number of aliphatic hydroxyl groups is 1. The minimum atomic E-state index is -0.284. The standard InChI is InChI=1S/C12H17NO2/c13-8-12(6-5-9(14)7-12)10-3-1-2-4-11(10)15/h1-4,9,14-15H,5-8,13H2. The van der Waals surface area contributed by atoms with Crippen LogP contribution in [-0.4, -0.2) is 22.9 Å².